The molecule has 0 radical (unpaired) electrons. The van der Waals surface area contributed by atoms with Gasteiger partial charge in [-0.05, 0) is 31.5 Å². The topological polar surface area (TPSA) is 51.2 Å². The normalized spacial score (nSPS) is 10.3. The van der Waals surface area contributed by atoms with E-state index < -0.39 is 0 Å². The first-order valence-electron chi connectivity index (χ1n) is 5.94. The van der Waals surface area contributed by atoms with Crippen molar-refractivity contribution in [3.05, 3.63) is 45.4 Å². The first-order valence-corrected chi connectivity index (χ1v) is 6.82. The van der Waals surface area contributed by atoms with E-state index in [0.717, 1.165) is 16.9 Å². The van der Waals surface area contributed by atoms with Crippen molar-refractivity contribution in [2.45, 2.75) is 20.4 Å². The molecule has 0 spiro atoms. The van der Waals surface area contributed by atoms with Crippen molar-refractivity contribution in [3.8, 4) is 0 Å². The molecule has 1 aromatic carbocycles. The van der Waals surface area contributed by atoms with Crippen LogP contribution in [0.4, 0.5) is 5.69 Å². The Labute approximate surface area is 116 Å². The van der Waals surface area contributed by atoms with Gasteiger partial charge in [0.25, 0.3) is 0 Å². The Balaban J connectivity index is 2.17. The van der Waals surface area contributed by atoms with Crippen LogP contribution in [0.25, 0.3) is 0 Å². The molecular formula is C14H16N2O2S. The molecule has 2 aromatic rings. The highest BCUT2D eigenvalue weighted by Gasteiger charge is 2.11. The summed E-state index contributed by atoms with van der Waals surface area (Å²) in [4.78, 5) is 17.0. The number of methoxy groups -OCH3 is 1. The number of esters is 1. The van der Waals surface area contributed by atoms with E-state index in [1.165, 1.54) is 12.0 Å². The predicted molar refractivity (Wildman–Crippen MR) is 76.7 cm³/mol. The summed E-state index contributed by atoms with van der Waals surface area (Å²) in [6.07, 6.45) is 0. The molecule has 4 nitrogen and oxygen atoms in total. The number of anilines is 1. The quantitative estimate of drug-likeness (QED) is 0.872. The standard InChI is InChI=1S/C14H16N2O2S/c1-9-11(14(17)18-3)5-4-6-12(9)15-7-13-10(2)16-8-19-13/h4-6,8,15H,7H2,1-3H3. The van der Waals surface area contributed by atoms with E-state index in [-0.39, 0.29) is 5.97 Å². The number of nitrogens with one attached hydrogen (secondary N) is 1. The minimum atomic E-state index is -0.310. The van der Waals surface area contributed by atoms with Gasteiger partial charge in [0, 0.05) is 10.6 Å². The summed E-state index contributed by atoms with van der Waals surface area (Å²) < 4.78 is 4.77. The van der Waals surface area contributed by atoms with Crippen molar-refractivity contribution in [2.75, 3.05) is 12.4 Å². The Morgan fingerprint density at radius 2 is 2.21 bits per heavy atom. The number of benzene rings is 1. The van der Waals surface area contributed by atoms with Crippen LogP contribution in [0.5, 0.6) is 0 Å². The number of carbonyl (C=O) groups excluding carboxylic acids is 1. The fraction of sp³-hybridized carbons (Fsp3) is 0.286. The van der Waals surface area contributed by atoms with Gasteiger partial charge < -0.3 is 10.1 Å². The maximum absolute atomic E-state index is 11.6. The zero-order valence-electron chi connectivity index (χ0n) is 11.2. The first-order chi connectivity index (χ1) is 9.13. The molecule has 19 heavy (non-hydrogen) atoms. The minimum absolute atomic E-state index is 0.310. The van der Waals surface area contributed by atoms with Gasteiger partial charge in [-0.25, -0.2) is 9.78 Å². The van der Waals surface area contributed by atoms with Gasteiger partial charge in [-0.1, -0.05) is 6.07 Å². The Kier molecular flexibility index (Phi) is 4.16. The van der Waals surface area contributed by atoms with Crippen molar-refractivity contribution in [2.24, 2.45) is 0 Å². The molecule has 0 atom stereocenters. The van der Waals surface area contributed by atoms with Gasteiger partial charge in [0.15, 0.2) is 0 Å². The molecule has 0 aliphatic rings. The highest BCUT2D eigenvalue weighted by molar-refractivity contribution is 7.09. The summed E-state index contributed by atoms with van der Waals surface area (Å²) >= 11 is 1.62. The molecule has 0 saturated heterocycles. The van der Waals surface area contributed by atoms with Gasteiger partial charge in [-0.2, -0.15) is 0 Å². The highest BCUT2D eigenvalue weighted by Crippen LogP contribution is 2.21. The molecule has 1 heterocycles. The molecule has 0 aliphatic heterocycles. The van der Waals surface area contributed by atoms with Crippen LogP contribution in [0.2, 0.25) is 0 Å². The Morgan fingerprint density at radius 3 is 2.84 bits per heavy atom. The number of carbonyl (C=O) groups is 1. The number of thiazole rings is 1. The molecule has 1 N–H and O–H groups in total. The van der Waals surface area contributed by atoms with Crippen LogP contribution in [0.3, 0.4) is 0 Å². The Hall–Kier alpha value is -1.88. The molecular weight excluding hydrogens is 260 g/mol. The fourth-order valence-electron chi connectivity index (χ4n) is 1.83. The molecule has 100 valence electrons. The Bertz CT molecular complexity index is 593. The van der Waals surface area contributed by atoms with Gasteiger partial charge in [-0.15, -0.1) is 11.3 Å². The fourth-order valence-corrected chi connectivity index (χ4v) is 2.55. The van der Waals surface area contributed by atoms with E-state index in [1.54, 1.807) is 17.4 Å². The van der Waals surface area contributed by atoms with Crippen molar-refractivity contribution >= 4 is 23.0 Å². The number of ether oxygens (including phenoxy) is 1. The van der Waals surface area contributed by atoms with E-state index in [4.69, 9.17) is 4.74 Å². The summed E-state index contributed by atoms with van der Waals surface area (Å²) in [7, 11) is 1.39. The lowest BCUT2D eigenvalue weighted by atomic mass is 10.1. The van der Waals surface area contributed by atoms with Crippen molar-refractivity contribution in [1.82, 2.24) is 4.98 Å². The lowest BCUT2D eigenvalue weighted by Gasteiger charge is -2.11. The van der Waals surface area contributed by atoms with E-state index in [9.17, 15) is 4.79 Å². The third kappa shape index (κ3) is 2.93. The predicted octanol–water partition coefficient (Wildman–Crippen LogP) is 3.16. The average molecular weight is 276 g/mol. The lowest BCUT2D eigenvalue weighted by molar-refractivity contribution is 0.0600. The second-order valence-corrected chi connectivity index (χ2v) is 5.12. The summed E-state index contributed by atoms with van der Waals surface area (Å²) in [6.45, 7) is 4.61. The minimum Gasteiger partial charge on any atom is -0.465 e. The monoisotopic (exact) mass is 276 g/mol. The number of aromatic nitrogens is 1. The van der Waals surface area contributed by atoms with Crippen LogP contribution in [-0.2, 0) is 11.3 Å². The van der Waals surface area contributed by atoms with Gasteiger partial charge in [-0.3, -0.25) is 0 Å². The van der Waals surface area contributed by atoms with Crippen LogP contribution < -0.4 is 5.32 Å². The van der Waals surface area contributed by atoms with Crippen LogP contribution in [0.1, 0.15) is 26.5 Å². The molecule has 1 aromatic heterocycles. The molecule has 0 unspecified atom stereocenters. The number of rotatable bonds is 4. The van der Waals surface area contributed by atoms with E-state index >= 15 is 0 Å². The first kappa shape index (κ1) is 13.5. The van der Waals surface area contributed by atoms with Crippen LogP contribution >= 0.6 is 11.3 Å². The third-order valence-corrected chi connectivity index (χ3v) is 3.96. The van der Waals surface area contributed by atoms with Gasteiger partial charge in [0.2, 0.25) is 0 Å². The van der Waals surface area contributed by atoms with Crippen LogP contribution in [0, 0.1) is 13.8 Å². The molecule has 0 saturated carbocycles. The van der Waals surface area contributed by atoms with Crippen LogP contribution in [-0.4, -0.2) is 18.1 Å². The van der Waals surface area contributed by atoms with E-state index in [2.05, 4.69) is 10.3 Å². The SMILES string of the molecule is COC(=O)c1cccc(NCc2scnc2C)c1C. The Morgan fingerprint density at radius 1 is 1.42 bits per heavy atom. The van der Waals surface area contributed by atoms with Crippen molar-refractivity contribution in [1.29, 1.82) is 0 Å². The third-order valence-electron chi connectivity index (χ3n) is 3.02. The van der Waals surface area contributed by atoms with Crippen molar-refractivity contribution < 1.29 is 9.53 Å². The zero-order chi connectivity index (χ0) is 13.8. The maximum atomic E-state index is 11.6. The van der Waals surface area contributed by atoms with Crippen molar-refractivity contribution in [3.63, 3.8) is 0 Å². The molecule has 5 heteroatoms. The maximum Gasteiger partial charge on any atom is 0.338 e. The molecule has 0 bridgehead atoms. The zero-order valence-corrected chi connectivity index (χ0v) is 12.0. The van der Waals surface area contributed by atoms with Crippen LogP contribution in [0.15, 0.2) is 23.7 Å². The molecule has 0 amide bonds. The number of aryl methyl sites for hydroxylation is 1. The lowest BCUT2D eigenvalue weighted by Crippen LogP contribution is -2.07. The largest absolute Gasteiger partial charge is 0.465 e. The molecule has 0 fully saturated rings. The van der Waals surface area contributed by atoms with E-state index in [0.29, 0.717) is 12.1 Å². The number of nitrogens with zero attached hydrogens (tertiary/aromatic N) is 1. The second kappa shape index (κ2) is 5.84. The summed E-state index contributed by atoms with van der Waals surface area (Å²) in [5.74, 6) is -0.310. The second-order valence-electron chi connectivity index (χ2n) is 4.18. The van der Waals surface area contributed by atoms with Gasteiger partial charge >= 0.3 is 5.97 Å². The van der Waals surface area contributed by atoms with E-state index in [1.807, 2.05) is 31.5 Å². The van der Waals surface area contributed by atoms with Gasteiger partial charge in [0.05, 0.1) is 30.4 Å². The molecule has 2 rings (SSSR count). The summed E-state index contributed by atoms with van der Waals surface area (Å²) in [6, 6.07) is 5.57. The summed E-state index contributed by atoms with van der Waals surface area (Å²) in [5.41, 5.74) is 5.31. The average Bonchev–Trinajstić information content (AvgIpc) is 2.82. The smallest absolute Gasteiger partial charge is 0.338 e. The number of hydrogen-bond acceptors (Lipinski definition) is 5. The van der Waals surface area contributed by atoms with Gasteiger partial charge in [0.1, 0.15) is 0 Å². The number of hydrogen-bond donors (Lipinski definition) is 1. The summed E-state index contributed by atoms with van der Waals surface area (Å²) in [5, 5.41) is 3.34. The highest BCUT2D eigenvalue weighted by atomic mass is 32.1. The molecule has 0 aliphatic carbocycles.